The maximum Gasteiger partial charge on any atom is 0.255 e. The van der Waals surface area contributed by atoms with Gasteiger partial charge in [0.05, 0.1) is 11.3 Å². The molecule has 2 aromatic heterocycles. The zero-order valence-electron chi connectivity index (χ0n) is 13.0. The van der Waals surface area contributed by atoms with E-state index < -0.39 is 0 Å². The lowest BCUT2D eigenvalue weighted by Gasteiger charge is -2.34. The van der Waals surface area contributed by atoms with E-state index in [1.165, 1.54) is 0 Å². The minimum atomic E-state index is 0.0718. The van der Waals surface area contributed by atoms with Crippen molar-refractivity contribution in [3.05, 3.63) is 47.1 Å². The first-order chi connectivity index (χ1) is 10.6. The predicted molar refractivity (Wildman–Crippen MR) is 81.4 cm³/mol. The molecule has 0 radical (unpaired) electrons. The number of carbonyl (C=O) groups excluding carboxylic acids is 1. The Kier molecular flexibility index (Phi) is 4.20. The van der Waals surface area contributed by atoms with Crippen LogP contribution in [0.15, 0.2) is 28.9 Å². The highest BCUT2D eigenvalue weighted by Crippen LogP contribution is 2.13. The summed E-state index contributed by atoms with van der Waals surface area (Å²) in [5.41, 5.74) is 2.43. The average molecular weight is 300 g/mol. The van der Waals surface area contributed by atoms with E-state index in [0.29, 0.717) is 5.56 Å². The quantitative estimate of drug-likeness (QED) is 0.862. The van der Waals surface area contributed by atoms with Gasteiger partial charge in [0.25, 0.3) is 5.91 Å². The number of aromatic nitrogens is 2. The normalized spacial score (nSPS) is 16.0. The zero-order valence-corrected chi connectivity index (χ0v) is 13.0. The third-order valence-corrected chi connectivity index (χ3v) is 3.96. The monoisotopic (exact) mass is 300 g/mol. The predicted octanol–water partition coefficient (Wildman–Crippen LogP) is 1.64. The van der Waals surface area contributed by atoms with Crippen molar-refractivity contribution in [1.29, 1.82) is 0 Å². The average Bonchev–Trinajstić information content (AvgIpc) is 2.93. The number of hydrogen-bond acceptors (Lipinski definition) is 5. The van der Waals surface area contributed by atoms with Gasteiger partial charge in [-0.2, -0.15) is 0 Å². The van der Waals surface area contributed by atoms with Gasteiger partial charge in [-0.3, -0.25) is 14.7 Å². The number of rotatable bonds is 3. The lowest BCUT2D eigenvalue weighted by Crippen LogP contribution is -2.48. The second kappa shape index (κ2) is 6.27. The molecule has 1 fully saturated rings. The highest BCUT2D eigenvalue weighted by molar-refractivity contribution is 5.95. The van der Waals surface area contributed by atoms with Gasteiger partial charge in [-0.1, -0.05) is 5.16 Å². The van der Waals surface area contributed by atoms with Crippen molar-refractivity contribution in [2.75, 3.05) is 26.2 Å². The molecule has 0 aromatic carbocycles. The van der Waals surface area contributed by atoms with Gasteiger partial charge in [0, 0.05) is 50.7 Å². The molecule has 6 nitrogen and oxygen atoms in total. The van der Waals surface area contributed by atoms with Crippen LogP contribution in [-0.2, 0) is 6.54 Å². The molecule has 0 unspecified atom stereocenters. The minimum Gasteiger partial charge on any atom is -0.361 e. The highest BCUT2D eigenvalue weighted by Gasteiger charge is 2.23. The first kappa shape index (κ1) is 14.7. The second-order valence-corrected chi connectivity index (χ2v) is 5.63. The first-order valence-corrected chi connectivity index (χ1v) is 7.49. The topological polar surface area (TPSA) is 62.5 Å². The highest BCUT2D eigenvalue weighted by atomic mass is 16.5. The standard InChI is InChI=1S/C16H20N4O2/c1-12-10-14(18-22-12)11-19-6-8-20(9-7-19)16(21)15-4-3-5-17-13(15)2/h3-5,10H,6-9,11H2,1-2H3. The molecule has 0 spiro atoms. The lowest BCUT2D eigenvalue weighted by molar-refractivity contribution is 0.0624. The van der Waals surface area contributed by atoms with Crippen molar-refractivity contribution in [1.82, 2.24) is 19.9 Å². The molecule has 1 aliphatic heterocycles. The zero-order chi connectivity index (χ0) is 15.5. The van der Waals surface area contributed by atoms with Crippen LogP contribution in [0.25, 0.3) is 0 Å². The van der Waals surface area contributed by atoms with Crippen molar-refractivity contribution < 1.29 is 9.32 Å². The van der Waals surface area contributed by atoms with E-state index in [1.807, 2.05) is 36.9 Å². The van der Waals surface area contributed by atoms with Gasteiger partial charge < -0.3 is 9.42 Å². The van der Waals surface area contributed by atoms with Crippen LogP contribution in [0.3, 0.4) is 0 Å². The van der Waals surface area contributed by atoms with Gasteiger partial charge in [-0.05, 0) is 26.0 Å². The maximum atomic E-state index is 12.5. The summed E-state index contributed by atoms with van der Waals surface area (Å²) < 4.78 is 5.09. The number of hydrogen-bond donors (Lipinski definition) is 0. The van der Waals surface area contributed by atoms with Crippen LogP contribution in [-0.4, -0.2) is 52.0 Å². The smallest absolute Gasteiger partial charge is 0.255 e. The Labute approximate surface area is 129 Å². The van der Waals surface area contributed by atoms with Gasteiger partial charge in [0.2, 0.25) is 0 Å². The Balaban J connectivity index is 1.57. The van der Waals surface area contributed by atoms with Crippen LogP contribution in [0.1, 0.15) is 27.5 Å². The minimum absolute atomic E-state index is 0.0718. The van der Waals surface area contributed by atoms with E-state index in [1.54, 1.807) is 6.20 Å². The van der Waals surface area contributed by atoms with E-state index in [-0.39, 0.29) is 5.91 Å². The fourth-order valence-corrected chi connectivity index (χ4v) is 2.71. The molecule has 0 saturated carbocycles. The van der Waals surface area contributed by atoms with Crippen molar-refractivity contribution in [3.63, 3.8) is 0 Å². The van der Waals surface area contributed by atoms with Gasteiger partial charge >= 0.3 is 0 Å². The van der Waals surface area contributed by atoms with Crippen LogP contribution in [0.4, 0.5) is 0 Å². The van der Waals surface area contributed by atoms with Crippen LogP contribution >= 0.6 is 0 Å². The molecule has 6 heteroatoms. The van der Waals surface area contributed by atoms with Gasteiger partial charge in [0.1, 0.15) is 5.76 Å². The molecule has 0 aliphatic carbocycles. The number of pyridine rings is 1. The van der Waals surface area contributed by atoms with E-state index >= 15 is 0 Å². The van der Waals surface area contributed by atoms with Crippen LogP contribution in [0, 0.1) is 13.8 Å². The molecule has 3 heterocycles. The second-order valence-electron chi connectivity index (χ2n) is 5.63. The molecule has 1 saturated heterocycles. The molecule has 0 bridgehead atoms. The molecule has 116 valence electrons. The van der Waals surface area contributed by atoms with Crippen LogP contribution in [0.5, 0.6) is 0 Å². The van der Waals surface area contributed by atoms with Gasteiger partial charge in [0.15, 0.2) is 0 Å². The summed E-state index contributed by atoms with van der Waals surface area (Å²) in [5, 5.41) is 4.02. The number of nitrogens with zero attached hydrogens (tertiary/aromatic N) is 4. The summed E-state index contributed by atoms with van der Waals surface area (Å²) in [4.78, 5) is 20.9. The summed E-state index contributed by atoms with van der Waals surface area (Å²) in [7, 11) is 0. The van der Waals surface area contributed by atoms with Gasteiger partial charge in [-0.25, -0.2) is 0 Å². The summed E-state index contributed by atoms with van der Waals surface area (Å²) >= 11 is 0. The Morgan fingerprint density at radius 3 is 2.68 bits per heavy atom. The van der Waals surface area contributed by atoms with Crippen molar-refractivity contribution in [2.45, 2.75) is 20.4 Å². The Bertz CT molecular complexity index is 660. The summed E-state index contributed by atoms with van der Waals surface area (Å²) in [6, 6.07) is 5.61. The van der Waals surface area contributed by atoms with E-state index in [4.69, 9.17) is 4.52 Å². The molecule has 0 atom stereocenters. The van der Waals surface area contributed by atoms with Gasteiger partial charge in [-0.15, -0.1) is 0 Å². The molecule has 0 N–H and O–H groups in total. The maximum absolute atomic E-state index is 12.5. The van der Waals surface area contributed by atoms with Crippen molar-refractivity contribution >= 4 is 5.91 Å². The largest absolute Gasteiger partial charge is 0.361 e. The number of carbonyl (C=O) groups is 1. The Morgan fingerprint density at radius 1 is 1.27 bits per heavy atom. The molecule has 1 amide bonds. The van der Waals surface area contributed by atoms with Crippen LogP contribution < -0.4 is 0 Å². The fourth-order valence-electron chi connectivity index (χ4n) is 2.71. The lowest BCUT2D eigenvalue weighted by atomic mass is 10.1. The van der Waals surface area contributed by atoms with E-state index in [2.05, 4.69) is 15.0 Å². The molecule has 2 aromatic rings. The Hall–Kier alpha value is -2.21. The summed E-state index contributed by atoms with van der Waals surface area (Å²) in [5.74, 6) is 0.901. The van der Waals surface area contributed by atoms with Crippen molar-refractivity contribution in [2.24, 2.45) is 0 Å². The SMILES string of the molecule is Cc1cc(CN2CCN(C(=O)c3cccnc3C)CC2)no1. The third-order valence-electron chi connectivity index (χ3n) is 3.96. The number of aryl methyl sites for hydroxylation is 2. The first-order valence-electron chi connectivity index (χ1n) is 7.49. The third kappa shape index (κ3) is 3.17. The molecular formula is C16H20N4O2. The molecular weight excluding hydrogens is 280 g/mol. The molecule has 3 rings (SSSR count). The van der Waals surface area contributed by atoms with E-state index in [9.17, 15) is 4.79 Å². The molecule has 1 aliphatic rings. The Morgan fingerprint density at radius 2 is 2.05 bits per heavy atom. The fraction of sp³-hybridized carbons (Fsp3) is 0.438. The summed E-state index contributed by atoms with van der Waals surface area (Å²) in [6.07, 6.45) is 1.71. The van der Waals surface area contributed by atoms with Crippen LogP contribution in [0.2, 0.25) is 0 Å². The number of piperazine rings is 1. The molecule has 22 heavy (non-hydrogen) atoms. The number of amides is 1. The van der Waals surface area contributed by atoms with Crippen molar-refractivity contribution in [3.8, 4) is 0 Å². The summed E-state index contributed by atoms with van der Waals surface area (Å²) in [6.45, 7) is 7.67. The van der Waals surface area contributed by atoms with E-state index in [0.717, 1.165) is 49.9 Å².